The van der Waals surface area contributed by atoms with Crippen molar-refractivity contribution in [2.75, 3.05) is 11.9 Å². The standard InChI is InChI=1S/C14H18N2O3/c1-2-19-13(17)9-5-8-12-15-11-7-4-3-6-10(11)14(18)16-12/h3-4,6-7,12,15H,2,5,8-9H2,1H3,(H,16,18). The van der Waals surface area contributed by atoms with Crippen molar-refractivity contribution < 1.29 is 14.3 Å². The summed E-state index contributed by atoms with van der Waals surface area (Å²) in [5, 5.41) is 6.13. The fraction of sp³-hybridized carbons (Fsp3) is 0.429. The Morgan fingerprint density at radius 1 is 1.32 bits per heavy atom. The molecule has 5 nitrogen and oxygen atoms in total. The molecule has 102 valence electrons. The Bertz CT molecular complexity index is 474. The summed E-state index contributed by atoms with van der Waals surface area (Å²) in [6, 6.07) is 7.39. The Labute approximate surface area is 112 Å². The van der Waals surface area contributed by atoms with Gasteiger partial charge in [0.25, 0.3) is 5.91 Å². The van der Waals surface area contributed by atoms with Crippen LogP contribution in [0, 0.1) is 0 Å². The lowest BCUT2D eigenvalue weighted by Crippen LogP contribution is -2.44. The molecule has 1 aliphatic heterocycles. The number of amides is 1. The van der Waals surface area contributed by atoms with Crippen LogP contribution in [0.25, 0.3) is 0 Å². The van der Waals surface area contributed by atoms with Gasteiger partial charge in [0.15, 0.2) is 0 Å². The van der Waals surface area contributed by atoms with Crippen LogP contribution in [0.2, 0.25) is 0 Å². The van der Waals surface area contributed by atoms with Gasteiger partial charge in [-0.25, -0.2) is 0 Å². The number of benzene rings is 1. The molecule has 0 bridgehead atoms. The normalized spacial score (nSPS) is 17.1. The molecule has 1 amide bonds. The number of rotatable bonds is 5. The van der Waals surface area contributed by atoms with Gasteiger partial charge in [-0.2, -0.15) is 0 Å². The lowest BCUT2D eigenvalue weighted by Gasteiger charge is -2.27. The largest absolute Gasteiger partial charge is 0.466 e. The molecule has 2 rings (SSSR count). The van der Waals surface area contributed by atoms with Gasteiger partial charge in [-0.3, -0.25) is 9.59 Å². The van der Waals surface area contributed by atoms with Crippen LogP contribution in [0.1, 0.15) is 36.5 Å². The quantitative estimate of drug-likeness (QED) is 0.795. The Balaban J connectivity index is 1.85. The topological polar surface area (TPSA) is 67.4 Å². The van der Waals surface area contributed by atoms with Crippen LogP contribution in [0.4, 0.5) is 5.69 Å². The first-order valence-corrected chi connectivity index (χ1v) is 6.52. The number of para-hydroxylation sites is 1. The Kier molecular flexibility index (Phi) is 4.39. The first-order chi connectivity index (χ1) is 9.20. The molecule has 0 radical (unpaired) electrons. The summed E-state index contributed by atoms with van der Waals surface area (Å²) in [5.41, 5.74) is 1.50. The minimum atomic E-state index is -0.190. The smallest absolute Gasteiger partial charge is 0.305 e. The zero-order chi connectivity index (χ0) is 13.7. The number of ether oxygens (including phenoxy) is 1. The molecule has 1 aromatic carbocycles. The number of carbonyl (C=O) groups is 2. The summed E-state index contributed by atoms with van der Waals surface area (Å²) in [6.45, 7) is 2.20. The molecule has 1 aliphatic rings. The summed E-state index contributed by atoms with van der Waals surface area (Å²) < 4.78 is 4.86. The van der Waals surface area contributed by atoms with Crippen LogP contribution in [-0.4, -0.2) is 24.6 Å². The first-order valence-electron chi connectivity index (χ1n) is 6.52. The van der Waals surface area contributed by atoms with Crippen molar-refractivity contribution in [1.29, 1.82) is 0 Å². The van der Waals surface area contributed by atoms with E-state index in [1.54, 1.807) is 13.0 Å². The number of fused-ring (bicyclic) bond motifs is 1. The molecular weight excluding hydrogens is 244 g/mol. The molecule has 5 heteroatoms. The Hall–Kier alpha value is -2.04. The minimum absolute atomic E-state index is 0.0736. The fourth-order valence-corrected chi connectivity index (χ4v) is 2.09. The summed E-state index contributed by atoms with van der Waals surface area (Å²) in [6.07, 6.45) is 1.62. The van der Waals surface area contributed by atoms with E-state index < -0.39 is 0 Å². The molecule has 2 N–H and O–H groups in total. The van der Waals surface area contributed by atoms with Gasteiger partial charge in [-0.05, 0) is 31.9 Å². The fourth-order valence-electron chi connectivity index (χ4n) is 2.09. The van der Waals surface area contributed by atoms with Crippen LogP contribution in [0.3, 0.4) is 0 Å². The van der Waals surface area contributed by atoms with Gasteiger partial charge < -0.3 is 15.4 Å². The maximum atomic E-state index is 11.9. The van der Waals surface area contributed by atoms with Crippen LogP contribution in [0.5, 0.6) is 0 Å². The number of nitrogens with one attached hydrogen (secondary N) is 2. The van der Waals surface area contributed by atoms with E-state index in [2.05, 4.69) is 10.6 Å². The summed E-state index contributed by atoms with van der Waals surface area (Å²) >= 11 is 0. The van der Waals surface area contributed by atoms with E-state index >= 15 is 0 Å². The Morgan fingerprint density at radius 3 is 2.89 bits per heavy atom. The second-order valence-corrected chi connectivity index (χ2v) is 4.41. The first kappa shape index (κ1) is 13.4. The van der Waals surface area contributed by atoms with Gasteiger partial charge in [0.2, 0.25) is 0 Å². The van der Waals surface area contributed by atoms with Crippen LogP contribution < -0.4 is 10.6 Å². The maximum absolute atomic E-state index is 11.9. The second kappa shape index (κ2) is 6.22. The van der Waals surface area contributed by atoms with Crippen LogP contribution in [-0.2, 0) is 9.53 Å². The molecular formula is C14H18N2O3. The van der Waals surface area contributed by atoms with Crippen molar-refractivity contribution in [3.63, 3.8) is 0 Å². The van der Waals surface area contributed by atoms with Crippen molar-refractivity contribution in [3.8, 4) is 0 Å². The number of anilines is 1. The van der Waals surface area contributed by atoms with Crippen molar-refractivity contribution in [1.82, 2.24) is 5.32 Å². The predicted octanol–water partition coefficient (Wildman–Crippen LogP) is 1.90. The molecule has 0 aliphatic carbocycles. The van der Waals surface area contributed by atoms with Crippen molar-refractivity contribution in [2.24, 2.45) is 0 Å². The highest BCUT2D eigenvalue weighted by molar-refractivity contribution is 6.01. The van der Waals surface area contributed by atoms with Gasteiger partial charge >= 0.3 is 5.97 Å². The molecule has 1 heterocycles. The molecule has 0 saturated carbocycles. The highest BCUT2D eigenvalue weighted by Gasteiger charge is 2.22. The van der Waals surface area contributed by atoms with Crippen molar-refractivity contribution in [2.45, 2.75) is 32.4 Å². The van der Waals surface area contributed by atoms with Crippen molar-refractivity contribution in [3.05, 3.63) is 29.8 Å². The number of hydrogen-bond donors (Lipinski definition) is 2. The summed E-state index contributed by atoms with van der Waals surface area (Å²) in [5.74, 6) is -0.263. The lowest BCUT2D eigenvalue weighted by atomic mass is 10.1. The van der Waals surface area contributed by atoms with Gasteiger partial charge in [-0.15, -0.1) is 0 Å². The van der Waals surface area contributed by atoms with E-state index in [4.69, 9.17) is 4.74 Å². The number of hydrogen-bond acceptors (Lipinski definition) is 4. The van der Waals surface area contributed by atoms with E-state index in [-0.39, 0.29) is 18.0 Å². The third kappa shape index (κ3) is 3.47. The van der Waals surface area contributed by atoms with E-state index in [9.17, 15) is 9.59 Å². The molecule has 0 saturated heterocycles. The molecule has 1 atom stereocenters. The van der Waals surface area contributed by atoms with Gasteiger partial charge in [0, 0.05) is 12.1 Å². The second-order valence-electron chi connectivity index (χ2n) is 4.41. The SMILES string of the molecule is CCOC(=O)CCCC1NC(=O)c2ccccc2N1. The minimum Gasteiger partial charge on any atom is -0.466 e. The third-order valence-electron chi connectivity index (χ3n) is 2.99. The Morgan fingerprint density at radius 2 is 2.11 bits per heavy atom. The monoisotopic (exact) mass is 262 g/mol. The van der Waals surface area contributed by atoms with E-state index in [0.29, 0.717) is 31.4 Å². The molecule has 0 fully saturated rings. The zero-order valence-electron chi connectivity index (χ0n) is 10.9. The summed E-state index contributed by atoms with van der Waals surface area (Å²) in [4.78, 5) is 23.1. The molecule has 1 aromatic rings. The van der Waals surface area contributed by atoms with Crippen LogP contribution in [0.15, 0.2) is 24.3 Å². The summed E-state index contributed by atoms with van der Waals surface area (Å²) in [7, 11) is 0. The van der Waals surface area contributed by atoms with E-state index in [1.807, 2.05) is 18.2 Å². The average Bonchev–Trinajstić information content (AvgIpc) is 2.39. The highest BCUT2D eigenvalue weighted by atomic mass is 16.5. The number of esters is 1. The molecule has 0 spiro atoms. The lowest BCUT2D eigenvalue weighted by molar-refractivity contribution is -0.143. The van der Waals surface area contributed by atoms with Gasteiger partial charge in [0.1, 0.15) is 0 Å². The third-order valence-corrected chi connectivity index (χ3v) is 2.99. The van der Waals surface area contributed by atoms with Crippen molar-refractivity contribution >= 4 is 17.6 Å². The van der Waals surface area contributed by atoms with Crippen LogP contribution >= 0.6 is 0 Å². The molecule has 1 unspecified atom stereocenters. The zero-order valence-corrected chi connectivity index (χ0v) is 10.9. The van der Waals surface area contributed by atoms with Gasteiger partial charge in [-0.1, -0.05) is 12.1 Å². The molecule has 19 heavy (non-hydrogen) atoms. The van der Waals surface area contributed by atoms with E-state index in [1.165, 1.54) is 0 Å². The van der Waals surface area contributed by atoms with E-state index in [0.717, 1.165) is 5.69 Å². The predicted molar refractivity (Wildman–Crippen MR) is 71.8 cm³/mol. The maximum Gasteiger partial charge on any atom is 0.305 e. The number of carbonyl (C=O) groups excluding carboxylic acids is 2. The highest BCUT2D eigenvalue weighted by Crippen LogP contribution is 2.21. The van der Waals surface area contributed by atoms with Gasteiger partial charge in [0.05, 0.1) is 18.3 Å². The average molecular weight is 262 g/mol. The molecule has 0 aromatic heterocycles.